The van der Waals surface area contributed by atoms with Gasteiger partial charge < -0.3 is 15.0 Å². The minimum atomic E-state index is -4.72. The molecule has 0 saturated carbocycles. The highest BCUT2D eigenvalue weighted by molar-refractivity contribution is 7.16. The third-order valence-electron chi connectivity index (χ3n) is 5.11. The molecule has 0 fully saturated rings. The van der Waals surface area contributed by atoms with Crippen LogP contribution in [0.5, 0.6) is 5.75 Å². The van der Waals surface area contributed by atoms with Gasteiger partial charge in [0.1, 0.15) is 16.1 Å². The molecule has 0 aliphatic carbocycles. The first-order chi connectivity index (χ1) is 15.9. The number of H-pyrrole nitrogens is 1. The van der Waals surface area contributed by atoms with Crippen molar-refractivity contribution in [1.82, 2.24) is 24.9 Å². The predicted molar refractivity (Wildman–Crippen MR) is 120 cm³/mol. The number of nitrogens with one attached hydrogen (secondary N) is 2. The molecule has 0 radical (unpaired) electrons. The van der Waals surface area contributed by atoms with Gasteiger partial charge in [-0.15, -0.1) is 24.5 Å². The number of thiazole rings is 1. The van der Waals surface area contributed by atoms with E-state index in [9.17, 15) is 13.2 Å². The van der Waals surface area contributed by atoms with Crippen molar-refractivity contribution in [3.63, 3.8) is 0 Å². The highest BCUT2D eigenvalue weighted by atomic mass is 32.1. The second kappa shape index (κ2) is 8.32. The highest BCUT2D eigenvalue weighted by Gasteiger charge is 2.31. The largest absolute Gasteiger partial charge is 0.573 e. The third kappa shape index (κ3) is 4.44. The fourth-order valence-electron chi connectivity index (χ4n) is 3.61. The van der Waals surface area contributed by atoms with E-state index >= 15 is 0 Å². The Bertz CT molecular complexity index is 1450. The molecule has 0 spiro atoms. The number of aryl methyl sites for hydroxylation is 1. The number of rotatable bonds is 6. The molecule has 0 aliphatic rings. The summed E-state index contributed by atoms with van der Waals surface area (Å²) in [6.07, 6.45) is -0.593. The number of nitrogens with zero attached hydrogens (tertiary/aromatic N) is 4. The summed E-state index contributed by atoms with van der Waals surface area (Å²) in [5, 5.41) is 4.17. The van der Waals surface area contributed by atoms with Crippen LogP contribution in [0.25, 0.3) is 32.6 Å². The highest BCUT2D eigenvalue weighted by Crippen LogP contribution is 2.29. The number of hydrogen-bond acceptors (Lipinski definition) is 7. The zero-order valence-electron chi connectivity index (χ0n) is 17.3. The van der Waals surface area contributed by atoms with Crippen molar-refractivity contribution in [1.29, 1.82) is 0 Å². The number of benzene rings is 1. The van der Waals surface area contributed by atoms with Crippen LogP contribution in [-0.4, -0.2) is 37.8 Å². The lowest BCUT2D eigenvalue weighted by molar-refractivity contribution is -0.274. The molecule has 1 aromatic carbocycles. The number of fused-ring (bicyclic) bond motifs is 2. The number of hydrogen-bond donors (Lipinski definition) is 2. The molecular formula is C22H17F3N6OS. The lowest BCUT2D eigenvalue weighted by Crippen LogP contribution is -2.16. The first-order valence-corrected chi connectivity index (χ1v) is 10.9. The standard InChI is InChI=1S/C22H17F3N6OS/c1-12-15(3-2-7-26-12)19-30-20(18-21(31-19)33-11-29-18)27-8-6-13-10-28-17-9-14(4-5-16(13)17)32-22(23,24)25/h2-5,7,9-11,28H,6,8H2,1H3,(H,27,30,31). The molecule has 0 saturated heterocycles. The number of ether oxygens (including phenoxy) is 1. The molecule has 7 nitrogen and oxygen atoms in total. The second-order valence-corrected chi connectivity index (χ2v) is 8.12. The van der Waals surface area contributed by atoms with Gasteiger partial charge in [-0.05, 0) is 43.2 Å². The molecule has 11 heteroatoms. The number of aromatic nitrogens is 5. The summed E-state index contributed by atoms with van der Waals surface area (Å²) < 4.78 is 41.4. The Morgan fingerprint density at radius 1 is 1.15 bits per heavy atom. The Morgan fingerprint density at radius 2 is 2.03 bits per heavy atom. The van der Waals surface area contributed by atoms with Gasteiger partial charge in [-0.2, -0.15) is 0 Å². The van der Waals surface area contributed by atoms with Crippen LogP contribution in [0, 0.1) is 6.92 Å². The lowest BCUT2D eigenvalue weighted by atomic mass is 10.1. The van der Waals surface area contributed by atoms with Crippen molar-refractivity contribution >= 4 is 38.4 Å². The van der Waals surface area contributed by atoms with Gasteiger partial charge in [0.2, 0.25) is 0 Å². The van der Waals surface area contributed by atoms with E-state index in [0.29, 0.717) is 35.6 Å². The predicted octanol–water partition coefficient (Wildman–Crippen LogP) is 5.49. The van der Waals surface area contributed by atoms with Crippen LogP contribution < -0.4 is 10.1 Å². The Kier molecular flexibility index (Phi) is 5.33. The molecule has 33 heavy (non-hydrogen) atoms. The van der Waals surface area contributed by atoms with E-state index in [1.165, 1.54) is 23.5 Å². The maximum atomic E-state index is 12.5. The summed E-state index contributed by atoms with van der Waals surface area (Å²) in [4.78, 5) is 21.8. The summed E-state index contributed by atoms with van der Waals surface area (Å²) in [5.74, 6) is 0.941. The Labute approximate surface area is 189 Å². The summed E-state index contributed by atoms with van der Waals surface area (Å²) in [7, 11) is 0. The SMILES string of the molecule is Cc1ncccc1-c1nc(NCCc2c[nH]c3cc(OC(F)(F)F)ccc23)c2ncsc2n1. The molecule has 4 heterocycles. The zero-order valence-corrected chi connectivity index (χ0v) is 18.1. The van der Waals surface area contributed by atoms with Gasteiger partial charge in [0.05, 0.1) is 5.51 Å². The Morgan fingerprint density at radius 3 is 2.85 bits per heavy atom. The second-order valence-electron chi connectivity index (χ2n) is 7.28. The molecule has 5 rings (SSSR count). The Hall–Kier alpha value is -3.73. The first-order valence-electron chi connectivity index (χ1n) is 10.0. The average molecular weight is 470 g/mol. The van der Waals surface area contributed by atoms with E-state index in [0.717, 1.165) is 27.0 Å². The van der Waals surface area contributed by atoms with Gasteiger partial charge in [0, 0.05) is 47.2 Å². The minimum absolute atomic E-state index is 0.258. The van der Waals surface area contributed by atoms with E-state index in [1.54, 1.807) is 24.0 Å². The summed E-state index contributed by atoms with van der Waals surface area (Å²) >= 11 is 1.43. The molecule has 0 bridgehead atoms. The monoisotopic (exact) mass is 470 g/mol. The maximum Gasteiger partial charge on any atom is 0.573 e. The average Bonchev–Trinajstić information content (AvgIpc) is 3.40. The van der Waals surface area contributed by atoms with Crippen molar-refractivity contribution < 1.29 is 17.9 Å². The van der Waals surface area contributed by atoms with Crippen molar-refractivity contribution in [2.24, 2.45) is 0 Å². The lowest BCUT2D eigenvalue weighted by Gasteiger charge is -2.10. The number of anilines is 1. The van der Waals surface area contributed by atoms with Gasteiger partial charge in [-0.3, -0.25) is 4.98 Å². The molecule has 0 unspecified atom stereocenters. The van der Waals surface area contributed by atoms with Gasteiger partial charge in [-0.25, -0.2) is 15.0 Å². The molecular weight excluding hydrogens is 453 g/mol. The van der Waals surface area contributed by atoms with Crippen LogP contribution >= 0.6 is 11.3 Å². The number of halogens is 3. The summed E-state index contributed by atoms with van der Waals surface area (Å²) in [5.41, 5.74) is 5.64. The van der Waals surface area contributed by atoms with Gasteiger partial charge in [0.15, 0.2) is 11.6 Å². The van der Waals surface area contributed by atoms with Crippen LogP contribution in [0.4, 0.5) is 19.0 Å². The number of pyridine rings is 1. The van der Waals surface area contributed by atoms with Crippen molar-refractivity contribution in [3.8, 4) is 17.1 Å². The maximum absolute atomic E-state index is 12.5. The molecule has 0 atom stereocenters. The fourth-order valence-corrected chi connectivity index (χ4v) is 4.27. The number of alkyl halides is 3. The molecule has 4 aromatic heterocycles. The molecule has 168 valence electrons. The van der Waals surface area contributed by atoms with Crippen molar-refractivity contribution in [3.05, 3.63) is 59.5 Å². The van der Waals surface area contributed by atoms with Crippen LogP contribution in [0.15, 0.2) is 48.2 Å². The smallest absolute Gasteiger partial charge is 0.406 e. The summed E-state index contributed by atoms with van der Waals surface area (Å²) in [6.45, 7) is 2.45. The first kappa shape index (κ1) is 21.1. The quantitative estimate of drug-likeness (QED) is 0.341. The van der Waals surface area contributed by atoms with Gasteiger partial charge in [0.25, 0.3) is 0 Å². The van der Waals surface area contributed by atoms with E-state index in [1.807, 2.05) is 19.1 Å². The summed E-state index contributed by atoms with van der Waals surface area (Å²) in [6, 6.07) is 8.04. The fraction of sp³-hybridized carbons (Fsp3) is 0.182. The van der Waals surface area contributed by atoms with Gasteiger partial charge >= 0.3 is 6.36 Å². The van der Waals surface area contributed by atoms with E-state index in [2.05, 4.69) is 35.0 Å². The van der Waals surface area contributed by atoms with Crippen molar-refractivity contribution in [2.75, 3.05) is 11.9 Å². The molecule has 5 aromatic rings. The number of aromatic amines is 1. The van der Waals surface area contributed by atoms with E-state index in [-0.39, 0.29) is 5.75 Å². The topological polar surface area (TPSA) is 88.6 Å². The van der Waals surface area contributed by atoms with Crippen LogP contribution in [0.1, 0.15) is 11.3 Å². The molecule has 0 aliphatic heterocycles. The minimum Gasteiger partial charge on any atom is -0.406 e. The molecule has 2 N–H and O–H groups in total. The normalized spacial score (nSPS) is 11.9. The third-order valence-corrected chi connectivity index (χ3v) is 5.82. The zero-order chi connectivity index (χ0) is 23.0. The van der Waals surface area contributed by atoms with E-state index in [4.69, 9.17) is 0 Å². The Balaban J connectivity index is 1.36. The van der Waals surface area contributed by atoms with Crippen LogP contribution in [0.3, 0.4) is 0 Å². The van der Waals surface area contributed by atoms with E-state index < -0.39 is 6.36 Å². The van der Waals surface area contributed by atoms with Gasteiger partial charge in [-0.1, -0.05) is 0 Å². The van der Waals surface area contributed by atoms with Crippen LogP contribution in [-0.2, 0) is 6.42 Å². The molecule has 0 amide bonds. The van der Waals surface area contributed by atoms with Crippen molar-refractivity contribution in [2.45, 2.75) is 19.7 Å². The van der Waals surface area contributed by atoms with Crippen LogP contribution in [0.2, 0.25) is 0 Å².